The van der Waals surface area contributed by atoms with Gasteiger partial charge in [0.05, 0.1) is 5.97 Å². The number of rotatable bonds is 3. The molecule has 0 fully saturated rings. The van der Waals surface area contributed by atoms with Crippen LogP contribution in [0.25, 0.3) is 0 Å². The molecule has 4 heteroatoms. The van der Waals surface area contributed by atoms with Gasteiger partial charge in [-0.1, -0.05) is 11.6 Å². The highest BCUT2D eigenvalue weighted by atomic mass is 35.5. The first-order valence-electron chi connectivity index (χ1n) is 3.72. The minimum Gasteiger partial charge on any atom is -0.546 e. The van der Waals surface area contributed by atoms with Gasteiger partial charge in [0.25, 0.3) is 0 Å². The Bertz CT molecular complexity index is 294. The lowest BCUT2D eigenvalue weighted by molar-refractivity contribution is -0.312. The molecular weight excluding hydrogens is 192 g/mol. The van der Waals surface area contributed by atoms with Crippen LogP contribution in [0.3, 0.4) is 0 Å². The van der Waals surface area contributed by atoms with Crippen molar-refractivity contribution in [3.05, 3.63) is 29.3 Å². The van der Waals surface area contributed by atoms with E-state index in [2.05, 4.69) is 0 Å². The average Bonchev–Trinajstić information content (AvgIpc) is 2.08. The van der Waals surface area contributed by atoms with Gasteiger partial charge in [0.2, 0.25) is 0 Å². The Morgan fingerprint density at radius 2 is 2.00 bits per heavy atom. The van der Waals surface area contributed by atoms with Crippen molar-refractivity contribution < 1.29 is 14.6 Å². The third-order valence-corrected chi connectivity index (χ3v) is 1.71. The van der Waals surface area contributed by atoms with E-state index in [-0.39, 0.29) is 0 Å². The molecule has 0 radical (unpaired) electrons. The summed E-state index contributed by atoms with van der Waals surface area (Å²) >= 11 is 5.63. The zero-order chi connectivity index (χ0) is 9.84. The van der Waals surface area contributed by atoms with Gasteiger partial charge < -0.3 is 14.6 Å². The van der Waals surface area contributed by atoms with Crippen molar-refractivity contribution in [2.75, 3.05) is 0 Å². The molecule has 70 valence electrons. The Morgan fingerprint density at radius 3 is 2.46 bits per heavy atom. The second-order valence-corrected chi connectivity index (χ2v) is 2.97. The predicted molar refractivity (Wildman–Crippen MR) is 46.5 cm³/mol. The predicted octanol–water partition coefficient (Wildman–Crippen LogP) is 0.857. The van der Waals surface area contributed by atoms with Gasteiger partial charge >= 0.3 is 0 Å². The maximum atomic E-state index is 10.3. The number of halogens is 1. The van der Waals surface area contributed by atoms with Crippen LogP contribution in [0.5, 0.6) is 5.75 Å². The number of ether oxygens (including phenoxy) is 1. The summed E-state index contributed by atoms with van der Waals surface area (Å²) in [6, 6.07) is 6.45. The molecule has 0 aliphatic heterocycles. The monoisotopic (exact) mass is 199 g/mol. The summed E-state index contributed by atoms with van der Waals surface area (Å²) in [5, 5.41) is 10.9. The van der Waals surface area contributed by atoms with Crippen molar-refractivity contribution in [2.24, 2.45) is 0 Å². The highest BCUT2D eigenvalue weighted by Crippen LogP contribution is 2.16. The molecule has 13 heavy (non-hydrogen) atoms. The minimum absolute atomic E-state index is 0.459. The number of carboxylic acids is 1. The minimum atomic E-state index is -1.24. The molecule has 0 unspecified atom stereocenters. The summed E-state index contributed by atoms with van der Waals surface area (Å²) in [6.07, 6.45) is -0.957. The third-order valence-electron chi connectivity index (χ3n) is 1.46. The van der Waals surface area contributed by atoms with Crippen LogP contribution in [0.4, 0.5) is 0 Å². The molecule has 0 saturated heterocycles. The van der Waals surface area contributed by atoms with Crippen molar-refractivity contribution in [3.8, 4) is 5.75 Å². The van der Waals surface area contributed by atoms with Crippen molar-refractivity contribution >= 4 is 17.6 Å². The van der Waals surface area contributed by atoms with Crippen molar-refractivity contribution in [2.45, 2.75) is 13.0 Å². The zero-order valence-electron chi connectivity index (χ0n) is 6.99. The number of aliphatic carboxylic acids is 1. The summed E-state index contributed by atoms with van der Waals surface area (Å²) in [4.78, 5) is 10.3. The number of hydrogen-bond acceptors (Lipinski definition) is 3. The van der Waals surface area contributed by atoms with E-state index in [9.17, 15) is 9.90 Å². The van der Waals surface area contributed by atoms with Gasteiger partial charge in [0, 0.05) is 5.02 Å². The van der Waals surface area contributed by atoms with E-state index >= 15 is 0 Å². The standard InChI is InChI=1S/C9H9ClO3/c1-6(9(11)12)13-8-4-2-7(10)3-5-8/h2-6H,1H3,(H,11,12)/p-1/t6-/m0/s1. The molecule has 1 aromatic rings. The number of carbonyl (C=O) groups excluding carboxylic acids is 1. The number of hydrogen-bond donors (Lipinski definition) is 0. The normalized spacial score (nSPS) is 12.2. The van der Waals surface area contributed by atoms with Gasteiger partial charge in [-0.2, -0.15) is 0 Å². The molecule has 0 amide bonds. The Labute approximate surface area is 80.9 Å². The van der Waals surface area contributed by atoms with E-state index in [0.717, 1.165) is 0 Å². The van der Waals surface area contributed by atoms with Crippen molar-refractivity contribution in [1.82, 2.24) is 0 Å². The third kappa shape index (κ3) is 2.95. The van der Waals surface area contributed by atoms with E-state index < -0.39 is 12.1 Å². The van der Waals surface area contributed by atoms with Gasteiger partial charge in [-0.25, -0.2) is 0 Å². The summed E-state index contributed by atoms with van der Waals surface area (Å²) in [7, 11) is 0. The fourth-order valence-corrected chi connectivity index (χ4v) is 0.891. The zero-order valence-corrected chi connectivity index (χ0v) is 7.75. The molecule has 0 bridgehead atoms. The van der Waals surface area contributed by atoms with Crippen LogP contribution in [0.15, 0.2) is 24.3 Å². The Kier molecular flexibility index (Phi) is 3.14. The fourth-order valence-electron chi connectivity index (χ4n) is 0.765. The van der Waals surface area contributed by atoms with Crippen molar-refractivity contribution in [3.63, 3.8) is 0 Å². The Hall–Kier alpha value is -1.22. The second kappa shape index (κ2) is 4.14. The van der Waals surface area contributed by atoms with Crippen LogP contribution in [-0.4, -0.2) is 12.1 Å². The van der Waals surface area contributed by atoms with Gasteiger partial charge in [0.15, 0.2) is 0 Å². The Morgan fingerprint density at radius 1 is 1.46 bits per heavy atom. The molecule has 0 aliphatic carbocycles. The first-order chi connectivity index (χ1) is 6.09. The summed E-state index contributed by atoms with van der Waals surface area (Å²) in [5.74, 6) is -0.781. The number of carboxylic acid groups (broad SMARTS) is 1. The molecule has 0 saturated carbocycles. The molecular formula is C9H8ClO3-. The van der Waals surface area contributed by atoms with Crippen LogP contribution in [0.1, 0.15) is 6.92 Å². The van der Waals surface area contributed by atoms with Gasteiger partial charge in [-0.15, -0.1) is 0 Å². The quantitative estimate of drug-likeness (QED) is 0.726. The highest BCUT2D eigenvalue weighted by Gasteiger charge is 2.03. The maximum Gasteiger partial charge on any atom is 0.135 e. The molecule has 1 atom stereocenters. The topological polar surface area (TPSA) is 49.4 Å². The second-order valence-electron chi connectivity index (χ2n) is 2.53. The van der Waals surface area contributed by atoms with Gasteiger partial charge in [-0.05, 0) is 31.2 Å². The molecule has 0 N–H and O–H groups in total. The van der Waals surface area contributed by atoms with Crippen LogP contribution in [-0.2, 0) is 4.79 Å². The molecule has 0 aromatic heterocycles. The highest BCUT2D eigenvalue weighted by molar-refractivity contribution is 6.30. The first-order valence-corrected chi connectivity index (χ1v) is 4.10. The first kappa shape index (κ1) is 9.86. The lowest BCUT2D eigenvalue weighted by Crippen LogP contribution is -2.37. The Balaban J connectivity index is 2.64. The average molecular weight is 200 g/mol. The smallest absolute Gasteiger partial charge is 0.135 e. The van der Waals surface area contributed by atoms with Crippen molar-refractivity contribution in [1.29, 1.82) is 0 Å². The molecule has 1 aromatic carbocycles. The maximum absolute atomic E-state index is 10.3. The van der Waals surface area contributed by atoms with E-state index in [4.69, 9.17) is 16.3 Å². The molecule has 3 nitrogen and oxygen atoms in total. The molecule has 1 rings (SSSR count). The molecule has 0 spiro atoms. The van der Waals surface area contributed by atoms with Gasteiger partial charge in [0.1, 0.15) is 11.9 Å². The van der Waals surface area contributed by atoms with E-state index in [1.165, 1.54) is 6.92 Å². The summed E-state index contributed by atoms with van der Waals surface area (Å²) in [5.41, 5.74) is 0. The van der Waals surface area contributed by atoms with E-state index in [1.54, 1.807) is 24.3 Å². The van der Waals surface area contributed by atoms with Crippen LogP contribution in [0, 0.1) is 0 Å². The van der Waals surface area contributed by atoms with E-state index in [0.29, 0.717) is 10.8 Å². The SMILES string of the molecule is C[C@H](Oc1ccc(Cl)cc1)C(=O)[O-]. The lowest BCUT2D eigenvalue weighted by atomic mass is 10.3. The van der Waals surface area contributed by atoms with Crippen LogP contribution >= 0.6 is 11.6 Å². The summed E-state index contributed by atoms with van der Waals surface area (Å²) < 4.78 is 5.01. The lowest BCUT2D eigenvalue weighted by Gasteiger charge is -2.14. The van der Waals surface area contributed by atoms with Gasteiger partial charge in [-0.3, -0.25) is 0 Å². The van der Waals surface area contributed by atoms with E-state index in [1.807, 2.05) is 0 Å². The molecule has 0 aliphatic rings. The summed E-state index contributed by atoms with van der Waals surface area (Å²) in [6.45, 7) is 1.41. The number of carbonyl (C=O) groups is 1. The fraction of sp³-hybridized carbons (Fsp3) is 0.222. The van der Waals surface area contributed by atoms with Crippen LogP contribution in [0.2, 0.25) is 5.02 Å². The largest absolute Gasteiger partial charge is 0.546 e. The van der Waals surface area contributed by atoms with Crippen LogP contribution < -0.4 is 9.84 Å². The molecule has 0 heterocycles. The number of benzene rings is 1.